The van der Waals surface area contributed by atoms with Crippen LogP contribution in [0.3, 0.4) is 0 Å². The van der Waals surface area contributed by atoms with Gasteiger partial charge in [-0.2, -0.15) is 5.10 Å². The summed E-state index contributed by atoms with van der Waals surface area (Å²) in [5.41, 5.74) is 1.83. The quantitative estimate of drug-likeness (QED) is 0.794. The Morgan fingerprint density at radius 3 is 3.04 bits per heavy atom. The molecular weight excluding hydrogens is 322 g/mol. The molecule has 1 aliphatic heterocycles. The van der Waals surface area contributed by atoms with Crippen LogP contribution in [0.5, 0.6) is 0 Å². The second-order valence-corrected chi connectivity index (χ2v) is 6.42. The molecule has 136 valence electrons. The molecule has 3 rings (SSSR count). The third-order valence-corrected chi connectivity index (χ3v) is 4.47. The van der Waals surface area contributed by atoms with Gasteiger partial charge in [-0.1, -0.05) is 5.16 Å². The first kappa shape index (κ1) is 17.6. The van der Waals surface area contributed by atoms with Crippen molar-refractivity contribution in [2.75, 3.05) is 18.5 Å². The molecule has 0 aromatic carbocycles. The third kappa shape index (κ3) is 4.26. The van der Waals surface area contributed by atoms with E-state index in [9.17, 15) is 4.79 Å². The van der Waals surface area contributed by atoms with Crippen LogP contribution in [0.15, 0.2) is 23.0 Å². The lowest BCUT2D eigenvalue weighted by Crippen LogP contribution is -2.40. The number of carbonyl (C=O) groups is 1. The van der Waals surface area contributed by atoms with Crippen LogP contribution < -0.4 is 10.6 Å². The molecule has 0 saturated carbocycles. The summed E-state index contributed by atoms with van der Waals surface area (Å²) in [6.45, 7) is 7.97. The summed E-state index contributed by atoms with van der Waals surface area (Å²) in [4.78, 5) is 12.2. The highest BCUT2D eigenvalue weighted by Gasteiger charge is 2.31. The summed E-state index contributed by atoms with van der Waals surface area (Å²) in [5, 5.41) is 14.1. The third-order valence-electron chi connectivity index (χ3n) is 4.47. The zero-order valence-corrected chi connectivity index (χ0v) is 14.9. The van der Waals surface area contributed by atoms with Crippen LogP contribution in [-0.2, 0) is 16.1 Å². The van der Waals surface area contributed by atoms with Crippen LogP contribution in [0.4, 0.5) is 5.88 Å². The molecule has 1 fully saturated rings. The molecule has 2 aromatic rings. The van der Waals surface area contributed by atoms with Gasteiger partial charge in [-0.15, -0.1) is 0 Å². The number of anilines is 1. The molecule has 1 aliphatic rings. The monoisotopic (exact) mass is 347 g/mol. The molecule has 2 aromatic heterocycles. The van der Waals surface area contributed by atoms with Crippen LogP contribution in [-0.4, -0.2) is 40.0 Å². The van der Waals surface area contributed by atoms with Crippen LogP contribution in [0.2, 0.25) is 0 Å². The van der Waals surface area contributed by atoms with Gasteiger partial charge in [0.2, 0.25) is 11.8 Å². The number of aromatic nitrogens is 3. The van der Waals surface area contributed by atoms with E-state index in [4.69, 9.17) is 9.26 Å². The number of ether oxygens (including phenoxy) is 1. The molecule has 0 aliphatic carbocycles. The van der Waals surface area contributed by atoms with E-state index in [0.29, 0.717) is 18.3 Å². The first-order chi connectivity index (χ1) is 12.1. The smallest absolute Gasteiger partial charge is 0.243 e. The molecule has 3 heterocycles. The van der Waals surface area contributed by atoms with Crippen molar-refractivity contribution in [3.05, 3.63) is 29.7 Å². The molecule has 25 heavy (non-hydrogen) atoms. The lowest BCUT2D eigenvalue weighted by molar-refractivity contribution is -0.118. The van der Waals surface area contributed by atoms with E-state index >= 15 is 0 Å². The molecule has 3 unspecified atom stereocenters. The molecule has 2 N–H and O–H groups in total. The van der Waals surface area contributed by atoms with Gasteiger partial charge in [-0.05, 0) is 27.2 Å². The van der Waals surface area contributed by atoms with Crippen molar-refractivity contribution in [1.82, 2.24) is 20.3 Å². The topological polar surface area (TPSA) is 94.2 Å². The Kier molecular flexibility index (Phi) is 5.50. The van der Waals surface area contributed by atoms with Crippen molar-refractivity contribution in [2.24, 2.45) is 5.92 Å². The summed E-state index contributed by atoms with van der Waals surface area (Å²) >= 11 is 0. The van der Waals surface area contributed by atoms with E-state index in [1.165, 1.54) is 0 Å². The summed E-state index contributed by atoms with van der Waals surface area (Å²) < 4.78 is 12.8. The first-order valence-corrected chi connectivity index (χ1v) is 8.68. The Bertz CT molecular complexity index is 711. The largest absolute Gasteiger partial charge is 0.373 e. The summed E-state index contributed by atoms with van der Waals surface area (Å²) in [6.07, 6.45) is 4.89. The van der Waals surface area contributed by atoms with Gasteiger partial charge in [0.05, 0.1) is 24.0 Å². The Morgan fingerprint density at radius 1 is 1.52 bits per heavy atom. The van der Waals surface area contributed by atoms with Crippen molar-refractivity contribution in [2.45, 2.75) is 45.9 Å². The highest BCUT2D eigenvalue weighted by molar-refractivity contribution is 5.93. The number of carbonyl (C=O) groups excluding carboxylic acids is 1. The summed E-state index contributed by atoms with van der Waals surface area (Å²) in [6, 6.07) is 1.35. The highest BCUT2D eigenvalue weighted by Crippen LogP contribution is 2.33. The van der Waals surface area contributed by atoms with E-state index < -0.39 is 0 Å². The van der Waals surface area contributed by atoms with Gasteiger partial charge >= 0.3 is 0 Å². The summed E-state index contributed by atoms with van der Waals surface area (Å²) in [7, 11) is 0. The predicted molar refractivity (Wildman–Crippen MR) is 92.0 cm³/mol. The second kappa shape index (κ2) is 7.79. The van der Waals surface area contributed by atoms with Crippen LogP contribution in [0.1, 0.15) is 37.6 Å². The molecule has 0 spiro atoms. The Hall–Kier alpha value is -2.19. The summed E-state index contributed by atoms with van der Waals surface area (Å²) in [5.74, 6) is 0.535. The van der Waals surface area contributed by atoms with Gasteiger partial charge in [-0.25, -0.2) is 0 Å². The van der Waals surface area contributed by atoms with Crippen molar-refractivity contribution in [3.63, 3.8) is 0 Å². The van der Waals surface area contributed by atoms with Gasteiger partial charge in [0, 0.05) is 43.4 Å². The molecule has 1 amide bonds. The zero-order chi connectivity index (χ0) is 17.8. The fraction of sp³-hybridized carbons (Fsp3) is 0.588. The van der Waals surface area contributed by atoms with E-state index in [1.807, 2.05) is 30.9 Å². The fourth-order valence-corrected chi connectivity index (χ4v) is 2.98. The molecule has 1 saturated heterocycles. The highest BCUT2D eigenvalue weighted by atomic mass is 16.5. The second-order valence-electron chi connectivity index (χ2n) is 6.42. The molecule has 8 heteroatoms. The van der Waals surface area contributed by atoms with E-state index in [2.05, 4.69) is 27.8 Å². The van der Waals surface area contributed by atoms with Gasteiger partial charge in [0.1, 0.15) is 0 Å². The minimum Gasteiger partial charge on any atom is -0.373 e. The van der Waals surface area contributed by atoms with Crippen LogP contribution in [0.25, 0.3) is 0 Å². The van der Waals surface area contributed by atoms with Gasteiger partial charge in [-0.3, -0.25) is 14.8 Å². The van der Waals surface area contributed by atoms with Gasteiger partial charge in [0.25, 0.3) is 0 Å². The lowest BCUT2D eigenvalue weighted by Gasteiger charge is -2.20. The maximum atomic E-state index is 12.2. The van der Waals surface area contributed by atoms with Gasteiger partial charge in [0.15, 0.2) is 0 Å². The minimum atomic E-state index is -0.343. The van der Waals surface area contributed by atoms with E-state index in [-0.39, 0.29) is 18.1 Å². The lowest BCUT2D eigenvalue weighted by atomic mass is 9.97. The molecule has 3 atom stereocenters. The molecule has 8 nitrogen and oxygen atoms in total. The van der Waals surface area contributed by atoms with Crippen LogP contribution >= 0.6 is 0 Å². The number of rotatable bonds is 7. The number of nitrogens with one attached hydrogen (secondary N) is 2. The van der Waals surface area contributed by atoms with E-state index in [0.717, 1.165) is 30.8 Å². The van der Waals surface area contributed by atoms with Crippen molar-refractivity contribution in [1.29, 1.82) is 0 Å². The molecule has 0 bridgehead atoms. The van der Waals surface area contributed by atoms with E-state index in [1.54, 1.807) is 6.07 Å². The van der Waals surface area contributed by atoms with Gasteiger partial charge < -0.3 is 14.6 Å². The van der Waals surface area contributed by atoms with Crippen molar-refractivity contribution >= 4 is 11.8 Å². The minimum absolute atomic E-state index is 0.0278. The maximum absolute atomic E-state index is 12.2. The normalized spacial score (nSPS) is 21.4. The predicted octanol–water partition coefficient (Wildman–Crippen LogP) is 1.89. The standard InChI is InChI=1S/C17H25N5O3/c1-4-22-10-14(9-19-22)16-13(5-6-24-16)8-18-12(3)17(23)20-15-7-11(2)21-25-15/h7,9-10,12-13,16,18H,4-6,8H2,1-3H3,(H,20,23). The molecular formula is C17H25N5O3. The number of amides is 1. The average molecular weight is 347 g/mol. The number of hydrogen-bond donors (Lipinski definition) is 2. The molecule has 0 radical (unpaired) electrons. The number of aryl methyl sites for hydroxylation is 2. The van der Waals surface area contributed by atoms with Crippen molar-refractivity contribution < 1.29 is 14.1 Å². The SMILES string of the molecule is CCn1cc(C2OCCC2CNC(C)C(=O)Nc2cc(C)no2)cn1. The van der Waals surface area contributed by atoms with Crippen LogP contribution in [0, 0.1) is 12.8 Å². The Labute approximate surface area is 146 Å². The fourth-order valence-electron chi connectivity index (χ4n) is 2.98. The Balaban J connectivity index is 1.52. The number of hydrogen-bond acceptors (Lipinski definition) is 6. The average Bonchev–Trinajstić information content (AvgIpc) is 3.32. The zero-order valence-electron chi connectivity index (χ0n) is 14.9. The first-order valence-electron chi connectivity index (χ1n) is 8.68. The Morgan fingerprint density at radius 2 is 2.36 bits per heavy atom. The van der Waals surface area contributed by atoms with Crippen molar-refractivity contribution in [3.8, 4) is 0 Å². The number of nitrogens with zero attached hydrogens (tertiary/aromatic N) is 3. The maximum Gasteiger partial charge on any atom is 0.243 e.